The summed E-state index contributed by atoms with van der Waals surface area (Å²) in [6.07, 6.45) is 0. The summed E-state index contributed by atoms with van der Waals surface area (Å²) in [5, 5.41) is 2.09. The van der Waals surface area contributed by atoms with Gasteiger partial charge in [0, 0.05) is 21.6 Å². The van der Waals surface area contributed by atoms with Crippen LogP contribution in [0.3, 0.4) is 0 Å². The molecule has 20 heavy (non-hydrogen) atoms. The summed E-state index contributed by atoms with van der Waals surface area (Å²) in [5.74, 6) is 0.307. The fourth-order valence-corrected chi connectivity index (χ4v) is 2.96. The average molecular weight is 298 g/mol. The molecular formula is C14H22N2O3S. The molecule has 1 amide bonds. The lowest BCUT2D eigenvalue weighted by molar-refractivity contribution is -0.115. The number of hydrogen-bond donors (Lipinski definition) is 2. The van der Waals surface area contributed by atoms with E-state index in [-0.39, 0.29) is 5.91 Å². The standard InChI is InChI=1S/C14H22N2O3S/c1-9(20(18)14(2,3)4)13(17)16-12-7-6-10(19-5)8-11(12)15/h6-9H,15H2,1-5H3,(H,16,17). The molecule has 3 N–H and O–H groups in total. The number of benzene rings is 1. The first-order valence-electron chi connectivity index (χ1n) is 6.32. The van der Waals surface area contributed by atoms with E-state index in [0.29, 0.717) is 17.1 Å². The van der Waals surface area contributed by atoms with E-state index >= 15 is 0 Å². The van der Waals surface area contributed by atoms with Crippen LogP contribution in [0.15, 0.2) is 18.2 Å². The highest BCUT2D eigenvalue weighted by Crippen LogP contribution is 2.25. The van der Waals surface area contributed by atoms with Crippen LogP contribution in [0.4, 0.5) is 11.4 Å². The number of nitrogen functional groups attached to an aromatic ring is 1. The Hall–Kier alpha value is -1.56. The summed E-state index contributed by atoms with van der Waals surface area (Å²) in [4.78, 5) is 12.1. The Morgan fingerprint density at radius 1 is 1.40 bits per heavy atom. The van der Waals surface area contributed by atoms with E-state index in [9.17, 15) is 9.00 Å². The number of ether oxygens (including phenoxy) is 1. The maximum absolute atomic E-state index is 12.2. The molecule has 112 valence electrons. The van der Waals surface area contributed by atoms with Gasteiger partial charge in [-0.05, 0) is 39.8 Å². The summed E-state index contributed by atoms with van der Waals surface area (Å²) in [7, 11) is 0.267. The Morgan fingerprint density at radius 2 is 2.00 bits per heavy atom. The van der Waals surface area contributed by atoms with E-state index in [4.69, 9.17) is 10.5 Å². The molecule has 0 aliphatic carbocycles. The molecule has 0 heterocycles. The minimum atomic E-state index is -1.28. The maximum Gasteiger partial charge on any atom is 0.239 e. The molecule has 1 rings (SSSR count). The van der Waals surface area contributed by atoms with Crippen molar-refractivity contribution in [1.82, 2.24) is 0 Å². The van der Waals surface area contributed by atoms with Crippen LogP contribution in [-0.4, -0.2) is 27.2 Å². The van der Waals surface area contributed by atoms with Crippen molar-refractivity contribution in [3.63, 3.8) is 0 Å². The van der Waals surface area contributed by atoms with Gasteiger partial charge in [-0.25, -0.2) is 0 Å². The molecule has 0 fully saturated rings. The lowest BCUT2D eigenvalue weighted by atomic mass is 10.2. The molecule has 2 unspecified atom stereocenters. The average Bonchev–Trinajstić information content (AvgIpc) is 2.38. The fraction of sp³-hybridized carbons (Fsp3) is 0.500. The van der Waals surface area contributed by atoms with Crippen LogP contribution in [0.25, 0.3) is 0 Å². The Morgan fingerprint density at radius 3 is 2.45 bits per heavy atom. The second-order valence-corrected chi connectivity index (χ2v) is 8.02. The van der Waals surface area contributed by atoms with Crippen LogP contribution in [0.5, 0.6) is 5.75 Å². The van der Waals surface area contributed by atoms with Crippen molar-refractivity contribution >= 4 is 28.1 Å². The molecule has 0 aromatic heterocycles. The number of methoxy groups -OCH3 is 1. The van der Waals surface area contributed by atoms with Gasteiger partial charge in [-0.1, -0.05) is 0 Å². The highest BCUT2D eigenvalue weighted by molar-refractivity contribution is 7.87. The Bertz CT molecular complexity index is 524. The third kappa shape index (κ3) is 3.96. The minimum absolute atomic E-state index is 0.310. The second-order valence-electron chi connectivity index (χ2n) is 5.49. The molecule has 1 aromatic rings. The van der Waals surface area contributed by atoms with E-state index < -0.39 is 20.8 Å². The molecule has 0 saturated carbocycles. The molecule has 2 atom stereocenters. The lowest BCUT2D eigenvalue weighted by Crippen LogP contribution is -2.37. The fourth-order valence-electron chi connectivity index (χ4n) is 1.64. The first-order valence-corrected chi connectivity index (χ1v) is 7.53. The van der Waals surface area contributed by atoms with Crippen molar-refractivity contribution in [2.24, 2.45) is 0 Å². The van der Waals surface area contributed by atoms with Gasteiger partial charge >= 0.3 is 0 Å². The maximum atomic E-state index is 12.2. The van der Waals surface area contributed by atoms with E-state index in [1.54, 1.807) is 32.2 Å². The number of nitrogens with two attached hydrogens (primary N) is 1. The Balaban J connectivity index is 2.83. The minimum Gasteiger partial charge on any atom is -0.497 e. The number of anilines is 2. The zero-order valence-electron chi connectivity index (χ0n) is 12.5. The number of hydrogen-bond acceptors (Lipinski definition) is 4. The summed E-state index contributed by atoms with van der Waals surface area (Å²) in [6, 6.07) is 5.00. The van der Waals surface area contributed by atoms with Crippen LogP contribution in [0.1, 0.15) is 27.7 Å². The van der Waals surface area contributed by atoms with Crippen molar-refractivity contribution in [3.05, 3.63) is 18.2 Å². The molecule has 0 spiro atoms. The Kier molecular flexibility index (Phi) is 5.16. The predicted octanol–water partition coefficient (Wildman–Crippen LogP) is 2.15. The topological polar surface area (TPSA) is 81.4 Å². The normalized spacial score (nSPS) is 14.4. The number of rotatable bonds is 4. The van der Waals surface area contributed by atoms with Crippen LogP contribution < -0.4 is 15.8 Å². The van der Waals surface area contributed by atoms with Crippen LogP contribution in [0, 0.1) is 0 Å². The monoisotopic (exact) mass is 298 g/mol. The third-order valence-corrected chi connectivity index (χ3v) is 4.87. The van der Waals surface area contributed by atoms with Gasteiger partial charge in [0.25, 0.3) is 0 Å². The third-order valence-electron chi connectivity index (χ3n) is 2.81. The van der Waals surface area contributed by atoms with Crippen molar-refractivity contribution in [2.75, 3.05) is 18.2 Å². The van der Waals surface area contributed by atoms with E-state index in [1.807, 2.05) is 20.8 Å². The summed E-state index contributed by atoms with van der Waals surface area (Å²) in [5.41, 5.74) is 6.74. The van der Waals surface area contributed by atoms with Crippen molar-refractivity contribution in [2.45, 2.75) is 37.7 Å². The molecule has 0 radical (unpaired) electrons. The van der Waals surface area contributed by atoms with Crippen LogP contribution in [0.2, 0.25) is 0 Å². The predicted molar refractivity (Wildman–Crippen MR) is 83.4 cm³/mol. The molecule has 6 heteroatoms. The van der Waals surface area contributed by atoms with Gasteiger partial charge in [0.1, 0.15) is 11.0 Å². The lowest BCUT2D eigenvalue weighted by Gasteiger charge is -2.22. The van der Waals surface area contributed by atoms with E-state index in [0.717, 1.165) is 0 Å². The van der Waals surface area contributed by atoms with Crippen molar-refractivity contribution in [1.29, 1.82) is 0 Å². The molecule has 0 aliphatic rings. The van der Waals surface area contributed by atoms with E-state index in [1.165, 1.54) is 0 Å². The molecule has 0 bridgehead atoms. The van der Waals surface area contributed by atoms with Gasteiger partial charge < -0.3 is 15.8 Å². The SMILES string of the molecule is COc1ccc(NC(=O)C(C)S(=O)C(C)(C)C)c(N)c1. The second kappa shape index (κ2) is 6.26. The number of amides is 1. The van der Waals surface area contributed by atoms with Crippen LogP contribution >= 0.6 is 0 Å². The highest BCUT2D eigenvalue weighted by Gasteiger charge is 2.29. The summed E-state index contributed by atoms with van der Waals surface area (Å²) < 4.78 is 16.8. The van der Waals surface area contributed by atoms with Crippen molar-refractivity contribution in [3.8, 4) is 5.75 Å². The van der Waals surface area contributed by atoms with Crippen LogP contribution in [-0.2, 0) is 15.6 Å². The first-order chi connectivity index (χ1) is 9.16. The molecule has 0 saturated heterocycles. The quantitative estimate of drug-likeness (QED) is 0.835. The van der Waals surface area contributed by atoms with Gasteiger partial charge in [0.2, 0.25) is 5.91 Å². The molecule has 1 aromatic carbocycles. The molecule has 5 nitrogen and oxygen atoms in total. The van der Waals surface area contributed by atoms with Gasteiger partial charge in [0.15, 0.2) is 0 Å². The molecule has 0 aliphatic heterocycles. The zero-order valence-corrected chi connectivity index (χ0v) is 13.3. The van der Waals surface area contributed by atoms with Gasteiger partial charge in [-0.15, -0.1) is 0 Å². The van der Waals surface area contributed by atoms with Gasteiger partial charge in [0.05, 0.1) is 18.5 Å². The zero-order chi connectivity index (χ0) is 15.5. The van der Waals surface area contributed by atoms with Gasteiger partial charge in [-0.3, -0.25) is 9.00 Å². The summed E-state index contributed by atoms with van der Waals surface area (Å²) in [6.45, 7) is 7.17. The van der Waals surface area contributed by atoms with Crippen molar-refractivity contribution < 1.29 is 13.7 Å². The number of carbonyl (C=O) groups is 1. The van der Waals surface area contributed by atoms with E-state index in [2.05, 4.69) is 5.32 Å². The summed E-state index contributed by atoms with van der Waals surface area (Å²) >= 11 is 0. The molecular weight excluding hydrogens is 276 g/mol. The number of carbonyl (C=O) groups excluding carboxylic acids is 1. The first kappa shape index (κ1) is 16.5. The highest BCUT2D eigenvalue weighted by atomic mass is 32.2. The Labute approximate surface area is 122 Å². The largest absolute Gasteiger partial charge is 0.497 e. The number of nitrogens with one attached hydrogen (secondary N) is 1. The van der Waals surface area contributed by atoms with Gasteiger partial charge in [-0.2, -0.15) is 0 Å². The smallest absolute Gasteiger partial charge is 0.239 e.